The van der Waals surface area contributed by atoms with E-state index < -0.39 is 12.8 Å². The molecule has 0 saturated heterocycles. The number of hydrogen-bond acceptors (Lipinski definition) is 4. The fraction of sp³-hybridized carbons (Fsp3) is 0.308. The molecule has 2 rings (SSSR count). The van der Waals surface area contributed by atoms with E-state index in [2.05, 4.69) is 22.1 Å². The van der Waals surface area contributed by atoms with Gasteiger partial charge in [0.25, 0.3) is 0 Å². The summed E-state index contributed by atoms with van der Waals surface area (Å²) in [4.78, 5) is 0. The fourth-order valence-electron chi connectivity index (χ4n) is 2.03. The van der Waals surface area contributed by atoms with Crippen LogP contribution >= 0.6 is 25.0 Å². The minimum Gasteiger partial charge on any atom is -0.284 e. The van der Waals surface area contributed by atoms with E-state index in [1.54, 1.807) is 0 Å². The van der Waals surface area contributed by atoms with Crippen LogP contribution in [0.1, 0.15) is 0 Å². The number of hydrogen-bond donors (Lipinski definition) is 0. The van der Waals surface area contributed by atoms with Gasteiger partial charge in [-0.3, -0.25) is 8.98 Å². The zero-order valence-electron chi connectivity index (χ0n) is 11.7. The predicted octanol–water partition coefficient (Wildman–Crippen LogP) is 4.28. The van der Waals surface area contributed by atoms with Gasteiger partial charge < -0.3 is 0 Å². The molecular weight excluding hydrogens is 358 g/mol. The van der Waals surface area contributed by atoms with Crippen molar-refractivity contribution < 1.29 is 4.31 Å². The summed E-state index contributed by atoms with van der Waals surface area (Å²) in [5.74, 6) is 0. The van der Waals surface area contributed by atoms with Crippen LogP contribution in [0, 0.1) is 0 Å². The molecule has 2 aliphatic carbocycles. The quantitative estimate of drug-likeness (QED) is 0.393. The molecule has 0 bridgehead atoms. The van der Waals surface area contributed by atoms with Gasteiger partial charge in [0, 0.05) is 0 Å². The van der Waals surface area contributed by atoms with E-state index in [-0.39, 0.29) is 11.3 Å². The molecule has 0 aliphatic heterocycles. The fourth-order valence-corrected chi connectivity index (χ4v) is 10.7. The van der Waals surface area contributed by atoms with Crippen molar-refractivity contribution >= 4 is 53.8 Å². The van der Waals surface area contributed by atoms with Gasteiger partial charge in [-0.15, -0.1) is 0 Å². The lowest BCUT2D eigenvalue weighted by molar-refractivity contribution is 0.552. The van der Waals surface area contributed by atoms with Crippen LogP contribution in [0.3, 0.4) is 0 Å². The molecule has 0 saturated carbocycles. The first-order valence-electron chi connectivity index (χ1n) is 6.30. The normalized spacial score (nSPS) is 23.4. The second kappa shape index (κ2) is 7.04. The van der Waals surface area contributed by atoms with Gasteiger partial charge in [0.15, 0.2) is 6.42 Å². The average molecular weight is 374 g/mol. The Bertz CT molecular complexity index is 651. The van der Waals surface area contributed by atoms with E-state index in [0.717, 1.165) is 0 Å². The number of isothiocyanates is 1. The molecule has 21 heavy (non-hydrogen) atoms. The van der Waals surface area contributed by atoms with Gasteiger partial charge in [-0.05, 0) is 49.9 Å². The van der Waals surface area contributed by atoms with Crippen molar-refractivity contribution in [1.82, 2.24) is 4.67 Å². The molecule has 0 unspecified atom stereocenters. The van der Waals surface area contributed by atoms with E-state index in [1.165, 1.54) is 0 Å². The maximum Gasteiger partial charge on any atom is 0.199 e. The SMILES string of the molecule is CN(C)[P@](=S)(O[P@@](=S)(N=C=S)C1C=CC=C1)C1C=CC=C1. The predicted molar refractivity (Wildman–Crippen MR) is 103 cm³/mol. The maximum atomic E-state index is 6.37. The molecule has 0 spiro atoms. The average Bonchev–Trinajstić information content (AvgIpc) is 3.12. The van der Waals surface area contributed by atoms with Gasteiger partial charge in [0.1, 0.15) is 6.42 Å². The van der Waals surface area contributed by atoms with E-state index in [1.807, 2.05) is 55.2 Å². The highest BCUT2D eigenvalue weighted by atomic mass is 32.5. The summed E-state index contributed by atoms with van der Waals surface area (Å²) in [5, 5.41) is 2.41. The molecule has 0 aromatic heterocycles. The van der Waals surface area contributed by atoms with Crippen LogP contribution in [-0.2, 0) is 27.9 Å². The van der Waals surface area contributed by atoms with E-state index >= 15 is 0 Å². The lowest BCUT2D eigenvalue weighted by atomic mass is 10.5. The summed E-state index contributed by atoms with van der Waals surface area (Å²) in [5.41, 5.74) is -0.000837. The Balaban J connectivity index is 2.40. The zero-order chi connectivity index (χ0) is 15.5. The Morgan fingerprint density at radius 2 is 1.48 bits per heavy atom. The highest BCUT2D eigenvalue weighted by Gasteiger charge is 2.38. The van der Waals surface area contributed by atoms with Gasteiger partial charge in [0.2, 0.25) is 0 Å². The summed E-state index contributed by atoms with van der Waals surface area (Å²) < 4.78 is 12.6. The first-order chi connectivity index (χ1) is 9.92. The second-order valence-electron chi connectivity index (χ2n) is 4.77. The number of rotatable bonds is 6. The highest BCUT2D eigenvalue weighted by Crippen LogP contribution is 2.71. The molecule has 0 fully saturated rings. The largest absolute Gasteiger partial charge is 0.284 e. The Morgan fingerprint density at radius 1 is 1.00 bits per heavy atom. The zero-order valence-corrected chi connectivity index (χ0v) is 15.9. The van der Waals surface area contributed by atoms with Crippen LogP contribution in [-0.4, -0.2) is 35.2 Å². The highest BCUT2D eigenvalue weighted by molar-refractivity contribution is 8.19. The molecule has 8 heteroatoms. The first-order valence-corrected chi connectivity index (χ1v) is 12.2. The van der Waals surface area contributed by atoms with Gasteiger partial charge in [-0.2, -0.15) is 4.76 Å². The molecule has 3 nitrogen and oxygen atoms in total. The number of thiocarbonyl (C=S) groups is 1. The molecule has 0 amide bonds. The molecule has 2 atom stereocenters. The van der Waals surface area contributed by atoms with Crippen molar-refractivity contribution in [2.24, 2.45) is 4.76 Å². The summed E-state index contributed by atoms with van der Waals surface area (Å²) in [6.45, 7) is 0. The number of nitrogens with zero attached hydrogens (tertiary/aromatic N) is 2. The molecule has 0 aromatic rings. The van der Waals surface area contributed by atoms with Crippen molar-refractivity contribution in [1.29, 1.82) is 0 Å². The van der Waals surface area contributed by atoms with Gasteiger partial charge in [0.05, 0.1) is 16.5 Å². The van der Waals surface area contributed by atoms with Crippen LogP contribution in [0.2, 0.25) is 0 Å². The topological polar surface area (TPSA) is 24.8 Å². The van der Waals surface area contributed by atoms with Gasteiger partial charge >= 0.3 is 0 Å². The van der Waals surface area contributed by atoms with Crippen molar-refractivity contribution in [2.45, 2.75) is 11.3 Å². The third-order valence-corrected chi connectivity index (χ3v) is 12.9. The van der Waals surface area contributed by atoms with Crippen LogP contribution < -0.4 is 0 Å². The Hall–Kier alpha value is -0.0200. The number of allylic oxidation sites excluding steroid dienone is 8. The van der Waals surface area contributed by atoms with E-state index in [4.69, 9.17) is 40.1 Å². The molecule has 2 aliphatic rings. The standard InChI is InChI=1S/C13H16N2OP2S3/c1-15(2)18(21,13-9-5-6-10-13)16-17(20,14-11-19)12-7-3-4-8-12/h3-10,12-13H,1-2H3/t17-,18-/m0/s1. The molecule has 0 heterocycles. The minimum atomic E-state index is -2.59. The van der Waals surface area contributed by atoms with Gasteiger partial charge in [-0.25, -0.2) is 0 Å². The smallest absolute Gasteiger partial charge is 0.199 e. The maximum absolute atomic E-state index is 6.37. The van der Waals surface area contributed by atoms with Gasteiger partial charge in [-0.1, -0.05) is 48.6 Å². The summed E-state index contributed by atoms with van der Waals surface area (Å²) in [7, 11) is 3.86. The lowest BCUT2D eigenvalue weighted by Gasteiger charge is -2.36. The van der Waals surface area contributed by atoms with Crippen LogP contribution in [0.5, 0.6) is 0 Å². The van der Waals surface area contributed by atoms with Crippen LogP contribution in [0.15, 0.2) is 53.4 Å². The van der Waals surface area contributed by atoms with E-state index in [0.29, 0.717) is 0 Å². The summed E-state index contributed by atoms with van der Waals surface area (Å²) >= 11 is 16.4. The molecular formula is C13H16N2OP2S3. The molecule has 0 radical (unpaired) electrons. The Labute approximate surface area is 141 Å². The summed E-state index contributed by atoms with van der Waals surface area (Å²) in [6.07, 6.45) is 11.0. The van der Waals surface area contributed by atoms with Crippen molar-refractivity contribution in [2.75, 3.05) is 14.1 Å². The molecule has 0 aromatic carbocycles. The van der Waals surface area contributed by atoms with Crippen molar-refractivity contribution in [3.63, 3.8) is 0 Å². The van der Waals surface area contributed by atoms with Crippen molar-refractivity contribution in [3.05, 3.63) is 48.6 Å². The van der Waals surface area contributed by atoms with Crippen molar-refractivity contribution in [3.8, 4) is 0 Å². The Morgan fingerprint density at radius 3 is 1.90 bits per heavy atom. The minimum absolute atomic E-state index is 0.0551. The first kappa shape index (κ1) is 17.3. The third-order valence-electron chi connectivity index (χ3n) is 3.18. The second-order valence-corrected chi connectivity index (χ2v) is 13.2. The molecule has 0 N–H and O–H groups in total. The monoisotopic (exact) mass is 374 g/mol. The lowest BCUT2D eigenvalue weighted by Crippen LogP contribution is -2.18. The van der Waals surface area contributed by atoms with E-state index in [9.17, 15) is 0 Å². The third kappa shape index (κ3) is 3.67. The summed E-state index contributed by atoms with van der Waals surface area (Å²) in [6, 6.07) is 0. The van der Waals surface area contributed by atoms with Crippen LogP contribution in [0.4, 0.5) is 0 Å². The van der Waals surface area contributed by atoms with Crippen LogP contribution in [0.25, 0.3) is 0 Å². The Kier molecular flexibility index (Phi) is 5.81. The molecule has 112 valence electrons.